The summed E-state index contributed by atoms with van der Waals surface area (Å²) in [5.41, 5.74) is 1.58. The maximum atomic E-state index is 12.0. The zero-order chi connectivity index (χ0) is 22.5. The maximum absolute atomic E-state index is 12.0. The van der Waals surface area contributed by atoms with Gasteiger partial charge in [0.25, 0.3) is 0 Å². The minimum Gasteiger partial charge on any atom is -0.480 e. The number of nitrogens with zero attached hydrogens (tertiary/aromatic N) is 1. The van der Waals surface area contributed by atoms with Crippen molar-refractivity contribution in [2.24, 2.45) is 0 Å². The van der Waals surface area contributed by atoms with Gasteiger partial charge in [0.2, 0.25) is 0 Å². The summed E-state index contributed by atoms with van der Waals surface area (Å²) in [4.78, 5) is 26.0. The number of carbonyl (C=O) groups is 2. The Morgan fingerprint density at radius 1 is 1.07 bits per heavy atom. The van der Waals surface area contributed by atoms with Crippen molar-refractivity contribution in [3.8, 4) is 0 Å². The highest BCUT2D eigenvalue weighted by molar-refractivity contribution is 7.81. The Morgan fingerprint density at radius 2 is 1.60 bits per heavy atom. The van der Waals surface area contributed by atoms with E-state index < -0.39 is 28.3 Å². The lowest BCUT2D eigenvalue weighted by Crippen LogP contribution is -2.39. The molecule has 0 aromatic heterocycles. The normalized spacial score (nSPS) is 24.5. The fourth-order valence-corrected chi connectivity index (χ4v) is 4.49. The van der Waals surface area contributed by atoms with E-state index in [2.05, 4.69) is 20.3 Å². The third kappa shape index (κ3) is 5.57. The molecule has 0 aliphatic carbocycles. The maximum Gasteiger partial charge on any atom is 0.399 e. The van der Waals surface area contributed by atoms with Crippen molar-refractivity contribution in [3.63, 3.8) is 0 Å². The summed E-state index contributed by atoms with van der Waals surface area (Å²) in [5, 5.41) is 9.50. The van der Waals surface area contributed by atoms with E-state index in [-0.39, 0.29) is 0 Å². The smallest absolute Gasteiger partial charge is 0.399 e. The van der Waals surface area contributed by atoms with Crippen LogP contribution in [-0.2, 0) is 33.1 Å². The molecule has 2 heterocycles. The quantitative estimate of drug-likeness (QED) is 0.519. The molecule has 2 fully saturated rings. The number of hydrogen-bond donors (Lipinski definition) is 1. The summed E-state index contributed by atoms with van der Waals surface area (Å²) in [6.07, 6.45) is 4.47. The van der Waals surface area contributed by atoms with Crippen LogP contribution >= 0.6 is 0 Å². The van der Waals surface area contributed by atoms with Crippen LogP contribution in [0, 0.1) is 0 Å². The lowest BCUT2D eigenvalue weighted by molar-refractivity contribution is -0.152. The highest BCUT2D eigenvalue weighted by Crippen LogP contribution is 2.44. The van der Waals surface area contributed by atoms with E-state index in [0.717, 1.165) is 32.6 Å². The number of ether oxygens (including phenoxy) is 1. The molecule has 3 atom stereocenters. The van der Waals surface area contributed by atoms with Gasteiger partial charge in [0.05, 0.1) is 21.3 Å². The molecule has 2 aliphatic heterocycles. The van der Waals surface area contributed by atoms with E-state index in [1.54, 1.807) is 12.1 Å². The van der Waals surface area contributed by atoms with Crippen LogP contribution in [0.1, 0.15) is 48.6 Å². The molecular formula is C20H29NO8S. The number of carboxylic acids is 1. The van der Waals surface area contributed by atoms with Crippen LogP contribution in [0.15, 0.2) is 24.3 Å². The second kappa shape index (κ2) is 10.3. The minimum absolute atomic E-state index is 0.311. The predicted molar refractivity (Wildman–Crippen MR) is 108 cm³/mol. The highest BCUT2D eigenvalue weighted by atomic mass is 32.3. The van der Waals surface area contributed by atoms with Gasteiger partial charge in [-0.25, -0.2) is 0 Å². The molecule has 10 heteroatoms. The van der Waals surface area contributed by atoms with Crippen LogP contribution < -0.4 is 0 Å². The van der Waals surface area contributed by atoms with Crippen molar-refractivity contribution in [1.29, 1.82) is 0 Å². The molecule has 168 valence electrons. The predicted octanol–water partition coefficient (Wildman–Crippen LogP) is 1.89. The first-order valence-corrected chi connectivity index (χ1v) is 11.0. The molecule has 0 saturated carbocycles. The van der Waals surface area contributed by atoms with Crippen LogP contribution in [-0.4, -0.2) is 70.8 Å². The molecule has 1 N–H and O–H groups in total. The number of aliphatic carboxylic acids is 1. The van der Waals surface area contributed by atoms with Gasteiger partial charge in [0, 0.05) is 12.1 Å². The van der Waals surface area contributed by atoms with Crippen molar-refractivity contribution < 1.29 is 36.2 Å². The lowest BCUT2D eigenvalue weighted by atomic mass is 9.80. The molecule has 1 aromatic rings. The highest BCUT2D eigenvalue weighted by Gasteiger charge is 2.41. The fourth-order valence-electron chi connectivity index (χ4n) is 4.36. The van der Waals surface area contributed by atoms with Crippen molar-refractivity contribution in [3.05, 3.63) is 35.4 Å². The summed E-state index contributed by atoms with van der Waals surface area (Å²) in [6.45, 7) is 0. The number of carbonyl (C=O) groups excluding carboxylic acids is 1. The van der Waals surface area contributed by atoms with Crippen LogP contribution in [0.25, 0.3) is 0 Å². The first-order valence-electron chi connectivity index (χ1n) is 9.62. The van der Waals surface area contributed by atoms with E-state index in [9.17, 15) is 23.1 Å². The largest absolute Gasteiger partial charge is 0.480 e. The van der Waals surface area contributed by atoms with Gasteiger partial charge >= 0.3 is 22.3 Å². The second-order valence-electron chi connectivity index (χ2n) is 7.38. The molecule has 9 nitrogen and oxygen atoms in total. The Balaban J connectivity index is 0.000000396. The number of carboxylic acid groups (broad SMARTS) is 1. The molecule has 2 aliphatic rings. The Kier molecular flexibility index (Phi) is 8.36. The zero-order valence-corrected chi connectivity index (χ0v) is 18.4. The van der Waals surface area contributed by atoms with Gasteiger partial charge in [0.1, 0.15) is 0 Å². The summed E-state index contributed by atoms with van der Waals surface area (Å²) in [6, 6.07) is 8.58. The Hall–Kier alpha value is -2.01. The van der Waals surface area contributed by atoms with Crippen LogP contribution in [0.5, 0.6) is 0 Å². The summed E-state index contributed by atoms with van der Waals surface area (Å²) in [5.74, 6) is -2.79. The summed E-state index contributed by atoms with van der Waals surface area (Å²) in [7, 11) is 1.81. The number of fused-ring (bicyclic) bond motifs is 2. The third-order valence-electron chi connectivity index (χ3n) is 5.94. The van der Waals surface area contributed by atoms with Gasteiger partial charge in [-0.1, -0.05) is 24.3 Å². The van der Waals surface area contributed by atoms with Gasteiger partial charge in [0.15, 0.2) is 5.92 Å². The van der Waals surface area contributed by atoms with Crippen molar-refractivity contribution in [2.45, 2.75) is 49.6 Å². The van der Waals surface area contributed by atoms with Crippen LogP contribution in [0.2, 0.25) is 0 Å². The van der Waals surface area contributed by atoms with E-state index in [0.29, 0.717) is 23.6 Å². The Bertz CT molecular complexity index is 832. The molecule has 0 amide bonds. The fraction of sp³-hybridized carbons (Fsp3) is 0.600. The number of rotatable bonds is 6. The Labute approximate surface area is 177 Å². The molecule has 1 aromatic carbocycles. The Morgan fingerprint density at radius 3 is 2.03 bits per heavy atom. The van der Waals surface area contributed by atoms with E-state index in [1.165, 1.54) is 20.0 Å². The van der Waals surface area contributed by atoms with Gasteiger partial charge in [-0.3, -0.25) is 18.0 Å². The first-order chi connectivity index (χ1) is 14.1. The van der Waals surface area contributed by atoms with Gasteiger partial charge in [-0.05, 0) is 49.8 Å². The first kappa shape index (κ1) is 24.3. The second-order valence-corrected chi connectivity index (χ2v) is 8.87. The third-order valence-corrected chi connectivity index (χ3v) is 6.75. The lowest BCUT2D eigenvalue weighted by Gasteiger charge is -2.37. The molecule has 3 rings (SSSR count). The van der Waals surface area contributed by atoms with E-state index in [4.69, 9.17) is 4.74 Å². The average Bonchev–Trinajstić information content (AvgIpc) is 2.94. The zero-order valence-electron chi connectivity index (χ0n) is 17.6. The minimum atomic E-state index is -3.66. The number of hydrogen-bond acceptors (Lipinski definition) is 8. The van der Waals surface area contributed by atoms with E-state index in [1.807, 2.05) is 12.1 Å². The summed E-state index contributed by atoms with van der Waals surface area (Å²) >= 11 is 0. The molecule has 0 radical (unpaired) electrons. The molecule has 0 spiro atoms. The van der Waals surface area contributed by atoms with Crippen molar-refractivity contribution in [2.75, 3.05) is 28.4 Å². The van der Waals surface area contributed by atoms with Crippen molar-refractivity contribution >= 4 is 22.3 Å². The van der Waals surface area contributed by atoms with Crippen molar-refractivity contribution in [1.82, 2.24) is 4.90 Å². The van der Waals surface area contributed by atoms with Gasteiger partial charge in [-0.15, -0.1) is 0 Å². The van der Waals surface area contributed by atoms with Crippen LogP contribution in [0.4, 0.5) is 0 Å². The number of benzene rings is 1. The molecule has 30 heavy (non-hydrogen) atoms. The monoisotopic (exact) mass is 443 g/mol. The SMILES string of the molecule is COC(=O)C(C(=O)O)c1ccccc1C1CC2CCC(C1)N2C.COS(=O)(=O)OC. The molecule has 3 unspecified atom stereocenters. The molecular weight excluding hydrogens is 414 g/mol. The summed E-state index contributed by atoms with van der Waals surface area (Å²) < 4.78 is 32.2. The number of methoxy groups -OCH3 is 1. The average molecular weight is 444 g/mol. The van der Waals surface area contributed by atoms with Gasteiger partial charge in [-0.2, -0.15) is 8.42 Å². The molecule has 2 bridgehead atoms. The number of esters is 1. The van der Waals surface area contributed by atoms with Gasteiger partial charge < -0.3 is 14.7 Å². The van der Waals surface area contributed by atoms with Crippen LogP contribution in [0.3, 0.4) is 0 Å². The number of piperidine rings is 1. The standard InChI is InChI=1S/C18H23NO4.C2H6O4S/c1-19-12-7-8-13(19)10-11(9-12)14-5-3-4-6-15(14)16(17(20)21)18(22)23-2;1-5-7(3,4)6-2/h3-6,11-13,16H,7-10H2,1-2H3,(H,20,21);1-2H3. The van der Waals surface area contributed by atoms with E-state index >= 15 is 0 Å². The topological polar surface area (TPSA) is 119 Å². The molecule has 2 saturated heterocycles.